The van der Waals surface area contributed by atoms with Crippen LogP contribution in [0.3, 0.4) is 0 Å². The highest BCUT2D eigenvalue weighted by atomic mass is 16.5. The summed E-state index contributed by atoms with van der Waals surface area (Å²) in [6, 6.07) is 6.02. The molecule has 19 heavy (non-hydrogen) atoms. The van der Waals surface area contributed by atoms with E-state index in [1.165, 1.54) is 0 Å². The number of benzene rings is 1. The Bertz CT molecular complexity index is 423. The van der Waals surface area contributed by atoms with Gasteiger partial charge in [-0.15, -0.1) is 12.3 Å². The second-order valence-corrected chi connectivity index (χ2v) is 4.50. The fourth-order valence-electron chi connectivity index (χ4n) is 1.75. The standard InChI is InChI=1S/C16H23NO2/c1-4-6-7-10-19-16-12-15(18-3)9-8-13(16)11-14(17)5-2/h1,8-9,12,14H,5-7,10-11,17H2,2-3H3. The third-order valence-corrected chi connectivity index (χ3v) is 3.00. The molecule has 0 heterocycles. The Balaban J connectivity index is 2.74. The van der Waals surface area contributed by atoms with E-state index in [2.05, 4.69) is 12.8 Å². The molecule has 0 aromatic heterocycles. The van der Waals surface area contributed by atoms with E-state index in [9.17, 15) is 0 Å². The number of methoxy groups -OCH3 is 1. The molecule has 0 aliphatic carbocycles. The third-order valence-electron chi connectivity index (χ3n) is 3.00. The molecule has 1 atom stereocenters. The van der Waals surface area contributed by atoms with Gasteiger partial charge in [-0.25, -0.2) is 0 Å². The number of hydrogen-bond acceptors (Lipinski definition) is 3. The van der Waals surface area contributed by atoms with E-state index < -0.39 is 0 Å². The van der Waals surface area contributed by atoms with Gasteiger partial charge in [-0.05, 0) is 30.9 Å². The van der Waals surface area contributed by atoms with Crippen molar-refractivity contribution < 1.29 is 9.47 Å². The molecular weight excluding hydrogens is 238 g/mol. The Morgan fingerprint density at radius 1 is 1.42 bits per heavy atom. The van der Waals surface area contributed by atoms with Crippen molar-refractivity contribution in [3.8, 4) is 23.8 Å². The molecule has 0 aliphatic heterocycles. The Morgan fingerprint density at radius 2 is 2.21 bits per heavy atom. The second kappa shape index (κ2) is 8.44. The highest BCUT2D eigenvalue weighted by Gasteiger charge is 2.09. The lowest BCUT2D eigenvalue weighted by atomic mass is 10.0. The molecule has 1 rings (SSSR count). The molecule has 1 unspecified atom stereocenters. The molecule has 0 saturated carbocycles. The van der Waals surface area contributed by atoms with Gasteiger partial charge < -0.3 is 15.2 Å². The van der Waals surface area contributed by atoms with Gasteiger partial charge in [0.25, 0.3) is 0 Å². The molecule has 0 amide bonds. The first-order chi connectivity index (χ1) is 9.21. The number of hydrogen-bond donors (Lipinski definition) is 1. The molecule has 2 N–H and O–H groups in total. The van der Waals surface area contributed by atoms with Gasteiger partial charge >= 0.3 is 0 Å². The monoisotopic (exact) mass is 261 g/mol. The SMILES string of the molecule is C#CCCCOc1cc(OC)ccc1CC(N)CC. The van der Waals surface area contributed by atoms with Crippen LogP contribution in [0, 0.1) is 12.3 Å². The van der Waals surface area contributed by atoms with Crippen molar-refractivity contribution in [1.29, 1.82) is 0 Å². The van der Waals surface area contributed by atoms with Crippen LogP contribution in [0.25, 0.3) is 0 Å². The summed E-state index contributed by atoms with van der Waals surface area (Å²) in [5.74, 6) is 4.25. The molecule has 0 saturated heterocycles. The van der Waals surface area contributed by atoms with E-state index in [-0.39, 0.29) is 6.04 Å². The van der Waals surface area contributed by atoms with Crippen LogP contribution in [0.1, 0.15) is 31.7 Å². The summed E-state index contributed by atoms with van der Waals surface area (Å²) in [4.78, 5) is 0. The molecule has 0 aliphatic rings. The smallest absolute Gasteiger partial charge is 0.126 e. The maximum absolute atomic E-state index is 6.01. The first kappa shape index (κ1) is 15.4. The molecule has 0 fully saturated rings. The van der Waals surface area contributed by atoms with Crippen LogP contribution in [0.2, 0.25) is 0 Å². The van der Waals surface area contributed by atoms with Crippen LogP contribution >= 0.6 is 0 Å². The van der Waals surface area contributed by atoms with E-state index >= 15 is 0 Å². The van der Waals surface area contributed by atoms with Gasteiger partial charge in [0, 0.05) is 18.5 Å². The van der Waals surface area contributed by atoms with E-state index in [0.29, 0.717) is 6.61 Å². The number of nitrogens with two attached hydrogens (primary N) is 1. The van der Waals surface area contributed by atoms with E-state index in [0.717, 1.165) is 42.7 Å². The number of terminal acetylenes is 1. The minimum Gasteiger partial charge on any atom is -0.497 e. The third kappa shape index (κ3) is 5.23. The van der Waals surface area contributed by atoms with E-state index in [4.69, 9.17) is 21.6 Å². The summed E-state index contributed by atoms with van der Waals surface area (Å²) >= 11 is 0. The Hall–Kier alpha value is -1.66. The van der Waals surface area contributed by atoms with Gasteiger partial charge in [0.15, 0.2) is 0 Å². The van der Waals surface area contributed by atoms with Gasteiger partial charge in [0.2, 0.25) is 0 Å². The summed E-state index contributed by atoms with van der Waals surface area (Å²) in [7, 11) is 1.65. The van der Waals surface area contributed by atoms with Crippen molar-refractivity contribution >= 4 is 0 Å². The minimum atomic E-state index is 0.154. The zero-order valence-electron chi connectivity index (χ0n) is 11.8. The number of unbranched alkanes of at least 4 members (excludes halogenated alkanes) is 1. The molecule has 0 bridgehead atoms. The largest absolute Gasteiger partial charge is 0.497 e. The summed E-state index contributed by atoms with van der Waals surface area (Å²) in [5, 5.41) is 0. The van der Waals surface area contributed by atoms with Crippen LogP contribution in [0.4, 0.5) is 0 Å². The van der Waals surface area contributed by atoms with Crippen molar-refractivity contribution in [2.45, 2.75) is 38.6 Å². The second-order valence-electron chi connectivity index (χ2n) is 4.50. The molecule has 1 aromatic rings. The van der Waals surface area contributed by atoms with Crippen molar-refractivity contribution in [2.24, 2.45) is 5.73 Å². The quantitative estimate of drug-likeness (QED) is 0.578. The highest BCUT2D eigenvalue weighted by molar-refractivity contribution is 5.41. The fraction of sp³-hybridized carbons (Fsp3) is 0.500. The Labute approximate surface area is 116 Å². The van der Waals surface area contributed by atoms with Crippen LogP contribution in [-0.4, -0.2) is 19.8 Å². The lowest BCUT2D eigenvalue weighted by Gasteiger charge is -2.15. The van der Waals surface area contributed by atoms with E-state index in [1.807, 2.05) is 18.2 Å². The summed E-state index contributed by atoms with van der Waals surface area (Å²) in [6.45, 7) is 2.70. The van der Waals surface area contributed by atoms with Crippen LogP contribution in [0.15, 0.2) is 18.2 Å². The molecule has 104 valence electrons. The Morgan fingerprint density at radius 3 is 2.84 bits per heavy atom. The predicted octanol–water partition coefficient (Wildman–Crippen LogP) is 2.77. The lowest BCUT2D eigenvalue weighted by molar-refractivity contribution is 0.306. The summed E-state index contributed by atoms with van der Waals surface area (Å²) < 4.78 is 11.0. The number of ether oxygens (including phenoxy) is 2. The molecular formula is C16H23NO2. The summed E-state index contributed by atoms with van der Waals surface area (Å²) in [5.41, 5.74) is 7.13. The topological polar surface area (TPSA) is 44.5 Å². The maximum Gasteiger partial charge on any atom is 0.126 e. The minimum absolute atomic E-state index is 0.154. The van der Waals surface area contributed by atoms with Crippen LogP contribution < -0.4 is 15.2 Å². The predicted molar refractivity (Wildman–Crippen MR) is 78.5 cm³/mol. The fourth-order valence-corrected chi connectivity index (χ4v) is 1.75. The van der Waals surface area contributed by atoms with Crippen molar-refractivity contribution in [1.82, 2.24) is 0 Å². The van der Waals surface area contributed by atoms with Crippen molar-refractivity contribution in [2.75, 3.05) is 13.7 Å². The Kier molecular flexibility index (Phi) is 6.84. The first-order valence-electron chi connectivity index (χ1n) is 6.70. The average molecular weight is 261 g/mol. The zero-order valence-corrected chi connectivity index (χ0v) is 11.8. The van der Waals surface area contributed by atoms with Gasteiger partial charge in [-0.1, -0.05) is 13.0 Å². The molecule has 0 spiro atoms. The molecule has 3 nitrogen and oxygen atoms in total. The number of rotatable bonds is 8. The van der Waals surface area contributed by atoms with Crippen molar-refractivity contribution in [3.05, 3.63) is 23.8 Å². The van der Waals surface area contributed by atoms with Gasteiger partial charge in [-0.2, -0.15) is 0 Å². The lowest BCUT2D eigenvalue weighted by Crippen LogP contribution is -2.21. The average Bonchev–Trinajstić information content (AvgIpc) is 2.44. The molecule has 1 aromatic carbocycles. The van der Waals surface area contributed by atoms with Gasteiger partial charge in [-0.3, -0.25) is 0 Å². The van der Waals surface area contributed by atoms with Crippen LogP contribution in [-0.2, 0) is 6.42 Å². The highest BCUT2D eigenvalue weighted by Crippen LogP contribution is 2.26. The van der Waals surface area contributed by atoms with E-state index in [1.54, 1.807) is 7.11 Å². The summed E-state index contributed by atoms with van der Waals surface area (Å²) in [6.07, 6.45) is 8.57. The van der Waals surface area contributed by atoms with Gasteiger partial charge in [0.05, 0.1) is 13.7 Å². The molecule has 3 heteroatoms. The van der Waals surface area contributed by atoms with Crippen molar-refractivity contribution in [3.63, 3.8) is 0 Å². The molecule has 0 radical (unpaired) electrons. The van der Waals surface area contributed by atoms with Crippen LogP contribution in [0.5, 0.6) is 11.5 Å². The van der Waals surface area contributed by atoms with Gasteiger partial charge in [0.1, 0.15) is 11.5 Å². The maximum atomic E-state index is 6.01. The normalized spacial score (nSPS) is 11.7. The first-order valence-corrected chi connectivity index (χ1v) is 6.70. The zero-order chi connectivity index (χ0) is 14.1.